The first-order valence-corrected chi connectivity index (χ1v) is 4.84. The molecule has 1 aromatic heterocycles. The van der Waals surface area contributed by atoms with Gasteiger partial charge in [0.15, 0.2) is 0 Å². The Morgan fingerprint density at radius 2 is 2.36 bits per heavy atom. The van der Waals surface area contributed by atoms with E-state index in [-0.39, 0.29) is 0 Å². The second kappa shape index (κ2) is 4.09. The molecule has 74 valence electrons. The highest BCUT2D eigenvalue weighted by Gasteiger charge is 2.09. The van der Waals surface area contributed by atoms with E-state index in [0.717, 1.165) is 25.1 Å². The number of nitrogens with one attached hydrogen (secondary N) is 1. The van der Waals surface area contributed by atoms with Crippen LogP contribution < -0.4 is 11.1 Å². The van der Waals surface area contributed by atoms with E-state index >= 15 is 0 Å². The SMILES string of the molecule is Nc1nccc(NC2CC=CCC2)n1. The second-order valence-electron chi connectivity index (χ2n) is 3.43. The van der Waals surface area contributed by atoms with Crippen LogP contribution in [0.2, 0.25) is 0 Å². The molecule has 1 heterocycles. The van der Waals surface area contributed by atoms with Crippen molar-refractivity contribution >= 4 is 11.8 Å². The van der Waals surface area contributed by atoms with Gasteiger partial charge in [0.05, 0.1) is 0 Å². The predicted molar refractivity (Wildman–Crippen MR) is 56.8 cm³/mol. The Labute approximate surface area is 83.3 Å². The monoisotopic (exact) mass is 190 g/mol. The fourth-order valence-corrected chi connectivity index (χ4v) is 1.59. The average molecular weight is 190 g/mol. The molecule has 0 aliphatic heterocycles. The molecule has 1 unspecified atom stereocenters. The van der Waals surface area contributed by atoms with Gasteiger partial charge >= 0.3 is 0 Å². The van der Waals surface area contributed by atoms with Gasteiger partial charge in [0.25, 0.3) is 0 Å². The minimum Gasteiger partial charge on any atom is -0.368 e. The van der Waals surface area contributed by atoms with Crippen LogP contribution in [0, 0.1) is 0 Å². The van der Waals surface area contributed by atoms with Crippen molar-refractivity contribution in [3.8, 4) is 0 Å². The summed E-state index contributed by atoms with van der Waals surface area (Å²) in [6.45, 7) is 0. The smallest absolute Gasteiger partial charge is 0.221 e. The normalized spacial score (nSPS) is 20.7. The Hall–Kier alpha value is -1.58. The van der Waals surface area contributed by atoms with Crippen molar-refractivity contribution in [1.29, 1.82) is 0 Å². The lowest BCUT2D eigenvalue weighted by Gasteiger charge is -2.19. The lowest BCUT2D eigenvalue weighted by Crippen LogP contribution is -2.21. The number of hydrogen-bond donors (Lipinski definition) is 2. The van der Waals surface area contributed by atoms with Gasteiger partial charge in [0.1, 0.15) is 5.82 Å². The van der Waals surface area contributed by atoms with Crippen LogP contribution in [0.1, 0.15) is 19.3 Å². The van der Waals surface area contributed by atoms with E-state index in [2.05, 4.69) is 27.4 Å². The van der Waals surface area contributed by atoms with Crippen molar-refractivity contribution in [2.45, 2.75) is 25.3 Å². The van der Waals surface area contributed by atoms with E-state index in [1.165, 1.54) is 0 Å². The number of nitrogens with zero attached hydrogens (tertiary/aromatic N) is 2. The minimum absolute atomic E-state index is 0.321. The highest BCUT2D eigenvalue weighted by atomic mass is 15.1. The third-order valence-electron chi connectivity index (χ3n) is 2.30. The van der Waals surface area contributed by atoms with Gasteiger partial charge in [-0.1, -0.05) is 12.2 Å². The molecule has 0 aromatic carbocycles. The lowest BCUT2D eigenvalue weighted by molar-refractivity contribution is 0.642. The zero-order valence-corrected chi connectivity index (χ0v) is 7.98. The van der Waals surface area contributed by atoms with Gasteiger partial charge < -0.3 is 11.1 Å². The quantitative estimate of drug-likeness (QED) is 0.695. The van der Waals surface area contributed by atoms with Gasteiger partial charge in [-0.3, -0.25) is 0 Å². The maximum atomic E-state index is 5.49. The third-order valence-corrected chi connectivity index (χ3v) is 2.30. The van der Waals surface area contributed by atoms with Gasteiger partial charge in [0, 0.05) is 12.2 Å². The van der Waals surface area contributed by atoms with Crippen molar-refractivity contribution in [3.63, 3.8) is 0 Å². The number of anilines is 2. The van der Waals surface area contributed by atoms with Gasteiger partial charge in [0.2, 0.25) is 5.95 Å². The van der Waals surface area contributed by atoms with Crippen LogP contribution >= 0.6 is 0 Å². The first-order valence-electron chi connectivity index (χ1n) is 4.84. The number of aromatic nitrogens is 2. The van der Waals surface area contributed by atoms with Gasteiger partial charge in [-0.25, -0.2) is 4.98 Å². The predicted octanol–water partition coefficient (Wildman–Crippen LogP) is 1.58. The molecule has 1 aliphatic rings. The molecule has 0 saturated carbocycles. The van der Waals surface area contributed by atoms with Crippen molar-refractivity contribution in [2.75, 3.05) is 11.1 Å². The molecule has 1 aromatic rings. The van der Waals surface area contributed by atoms with Crippen LogP contribution in [0.15, 0.2) is 24.4 Å². The average Bonchev–Trinajstić information content (AvgIpc) is 2.19. The molecule has 0 saturated heterocycles. The molecule has 3 N–H and O–H groups in total. The summed E-state index contributed by atoms with van der Waals surface area (Å²) in [7, 11) is 0. The molecular weight excluding hydrogens is 176 g/mol. The maximum Gasteiger partial charge on any atom is 0.221 e. The standard InChI is InChI=1S/C10H14N4/c11-10-12-7-6-9(14-10)13-8-4-2-1-3-5-8/h1-2,6-8H,3-5H2,(H3,11,12,13,14). The molecule has 0 spiro atoms. The number of nitrogen functional groups attached to an aromatic ring is 1. The highest BCUT2D eigenvalue weighted by Crippen LogP contribution is 2.15. The topological polar surface area (TPSA) is 63.8 Å². The zero-order chi connectivity index (χ0) is 9.80. The van der Waals surface area contributed by atoms with E-state index < -0.39 is 0 Å². The minimum atomic E-state index is 0.321. The van der Waals surface area contributed by atoms with Gasteiger partial charge in [-0.05, 0) is 25.3 Å². The molecule has 1 aliphatic carbocycles. The largest absolute Gasteiger partial charge is 0.368 e. The Balaban J connectivity index is 1.99. The van der Waals surface area contributed by atoms with E-state index in [9.17, 15) is 0 Å². The first kappa shape index (κ1) is 8.99. The molecule has 4 heteroatoms. The summed E-state index contributed by atoms with van der Waals surface area (Å²) in [6, 6.07) is 2.32. The van der Waals surface area contributed by atoms with E-state index in [0.29, 0.717) is 12.0 Å². The van der Waals surface area contributed by atoms with Crippen LogP contribution in [0.25, 0.3) is 0 Å². The molecule has 14 heavy (non-hydrogen) atoms. The van der Waals surface area contributed by atoms with Gasteiger partial charge in [-0.15, -0.1) is 0 Å². The van der Waals surface area contributed by atoms with Crippen LogP contribution in [0.4, 0.5) is 11.8 Å². The summed E-state index contributed by atoms with van der Waals surface area (Å²) in [5, 5.41) is 3.34. The lowest BCUT2D eigenvalue weighted by atomic mass is 10.0. The van der Waals surface area contributed by atoms with E-state index in [4.69, 9.17) is 5.73 Å². The molecule has 2 rings (SSSR count). The van der Waals surface area contributed by atoms with E-state index in [1.54, 1.807) is 6.20 Å². The number of nitrogens with two attached hydrogens (primary N) is 1. The summed E-state index contributed by atoms with van der Waals surface area (Å²) >= 11 is 0. The summed E-state index contributed by atoms with van der Waals surface area (Å²) in [6.07, 6.45) is 9.43. The Morgan fingerprint density at radius 1 is 1.43 bits per heavy atom. The fourth-order valence-electron chi connectivity index (χ4n) is 1.59. The van der Waals surface area contributed by atoms with Crippen LogP contribution in [0.5, 0.6) is 0 Å². The number of allylic oxidation sites excluding steroid dienone is 1. The number of hydrogen-bond acceptors (Lipinski definition) is 4. The van der Waals surface area contributed by atoms with Gasteiger partial charge in [-0.2, -0.15) is 4.98 Å². The Morgan fingerprint density at radius 3 is 3.07 bits per heavy atom. The molecule has 0 amide bonds. The summed E-state index contributed by atoms with van der Waals surface area (Å²) in [5.41, 5.74) is 5.49. The molecule has 0 bridgehead atoms. The highest BCUT2D eigenvalue weighted by molar-refractivity contribution is 5.38. The van der Waals surface area contributed by atoms with Crippen molar-refractivity contribution < 1.29 is 0 Å². The van der Waals surface area contributed by atoms with Crippen molar-refractivity contribution in [1.82, 2.24) is 9.97 Å². The first-order chi connectivity index (χ1) is 6.84. The van der Waals surface area contributed by atoms with Crippen molar-refractivity contribution in [2.24, 2.45) is 0 Å². The van der Waals surface area contributed by atoms with Crippen molar-refractivity contribution in [3.05, 3.63) is 24.4 Å². The molecule has 1 atom stereocenters. The van der Waals surface area contributed by atoms with E-state index in [1.807, 2.05) is 6.07 Å². The summed E-state index contributed by atoms with van der Waals surface area (Å²) < 4.78 is 0. The zero-order valence-electron chi connectivity index (χ0n) is 7.98. The number of rotatable bonds is 2. The van der Waals surface area contributed by atoms with Crippen LogP contribution in [-0.4, -0.2) is 16.0 Å². The van der Waals surface area contributed by atoms with Crippen LogP contribution in [-0.2, 0) is 0 Å². The maximum absolute atomic E-state index is 5.49. The summed E-state index contributed by atoms with van der Waals surface area (Å²) in [4.78, 5) is 7.94. The molecule has 0 radical (unpaired) electrons. The molecule has 4 nitrogen and oxygen atoms in total. The van der Waals surface area contributed by atoms with Crippen LogP contribution in [0.3, 0.4) is 0 Å². The Bertz CT molecular complexity index is 335. The Kier molecular flexibility index (Phi) is 2.62. The third kappa shape index (κ3) is 2.22. The second-order valence-corrected chi connectivity index (χ2v) is 3.43. The molecule has 0 fully saturated rings. The summed E-state index contributed by atoms with van der Waals surface area (Å²) in [5.74, 6) is 1.14. The molecular formula is C10H14N4. The fraction of sp³-hybridized carbons (Fsp3) is 0.400.